The number of para-hydroxylation sites is 10. The van der Waals surface area contributed by atoms with Gasteiger partial charge in [-0.3, -0.25) is 4.57 Å². The second-order valence-electron chi connectivity index (χ2n) is 32.8. The molecule has 18 aromatic carbocycles. The maximum Gasteiger partial charge on any atom is 0.340 e. The number of rotatable bonds is 13. The van der Waals surface area contributed by atoms with Gasteiger partial charge in [0.05, 0.1) is 49.5 Å². The van der Waals surface area contributed by atoms with Crippen molar-refractivity contribution >= 4 is 195 Å². The Bertz CT molecular complexity index is 8650. The van der Waals surface area contributed by atoms with Crippen LogP contribution in [-0.2, 0) is 0 Å². The van der Waals surface area contributed by atoms with Gasteiger partial charge in [0.2, 0.25) is 0 Å². The van der Waals surface area contributed by atoms with Gasteiger partial charge in [-0.05, 0) is 165 Å². The molecule has 0 spiro atoms. The zero-order valence-electron chi connectivity index (χ0n) is 66.8. The lowest BCUT2D eigenvalue weighted by Gasteiger charge is -2.38. The number of nitrogens with zero attached hydrogens (tertiary/aromatic N) is 8. The second kappa shape index (κ2) is 26.8. The van der Waals surface area contributed by atoms with Crippen LogP contribution in [0.25, 0.3) is 187 Å². The number of aromatic nitrogens is 8. The first kappa shape index (κ1) is 69.1. The van der Waals surface area contributed by atoms with E-state index in [0.29, 0.717) is 0 Å². The summed E-state index contributed by atoms with van der Waals surface area (Å²) in [6.07, 6.45) is 0. The van der Waals surface area contributed by atoms with E-state index in [4.69, 9.17) is 4.98 Å². The number of pyridine rings is 1. The van der Waals surface area contributed by atoms with E-state index in [-0.39, 0.29) is 0 Å². The summed E-state index contributed by atoms with van der Waals surface area (Å²) in [5, 5.41) is 23.0. The van der Waals surface area contributed by atoms with Gasteiger partial charge in [0.25, 0.3) is 8.24 Å². The molecule has 0 bridgehead atoms. The fourth-order valence-electron chi connectivity index (χ4n) is 21.6. The minimum atomic E-state index is -3.67. The van der Waals surface area contributed by atoms with Crippen LogP contribution >= 0.6 is 0 Å². The van der Waals surface area contributed by atoms with Gasteiger partial charge in [0.1, 0.15) is 5.82 Å². The monoisotopic (exact) mass is 1600 g/mol. The van der Waals surface area contributed by atoms with Crippen LogP contribution in [0, 0.1) is 0 Å². The average molecular weight is 1600 g/mol. The molecule has 26 rings (SSSR count). The van der Waals surface area contributed by atoms with E-state index in [1.54, 1.807) is 0 Å². The van der Waals surface area contributed by atoms with E-state index in [2.05, 4.69) is 480 Å². The Labute approximate surface area is 709 Å². The van der Waals surface area contributed by atoms with E-state index >= 15 is 0 Å². The Kier molecular flexibility index (Phi) is 15.1. The van der Waals surface area contributed by atoms with Crippen molar-refractivity contribution in [3.63, 3.8) is 0 Å². The SMILES string of the molecule is c1ccc([Si](c2ccccc2)(c2cccc(-n3c4ccccc4c4ccccc43)n2)n2c3ccccc3c3cc(-n4c5ccccc5c5ccc(-c6ccc([Si](c7ccccc7)(n7c8ccccc8c8ccccc87)n7c8ccccc8c8cc(-n9c%10ccccc%10c%10cc(-n%11c%12ccccc%12c%12ccccc%12%11)ccc%109)ccc87)cc6)cc54)ccc32)cc1. The lowest BCUT2D eigenvalue weighted by atomic mass is 10.0. The van der Waals surface area contributed by atoms with Crippen LogP contribution in [0.4, 0.5) is 0 Å². The molecule has 0 N–H and O–H groups in total. The summed E-state index contributed by atoms with van der Waals surface area (Å²) in [7, 11) is -7.12. The predicted octanol–water partition coefficient (Wildman–Crippen LogP) is 24.6. The van der Waals surface area contributed by atoms with Crippen molar-refractivity contribution in [1.29, 1.82) is 0 Å². The molecule has 0 saturated heterocycles. The minimum Gasteiger partial charge on any atom is -0.354 e. The van der Waals surface area contributed by atoms with Gasteiger partial charge in [-0.25, -0.2) is 4.98 Å². The molecule has 8 aromatic heterocycles. The van der Waals surface area contributed by atoms with E-state index in [1.807, 2.05) is 0 Å². The third-order valence-electron chi connectivity index (χ3n) is 26.7. The fraction of sp³-hybridized carbons (Fsp3) is 0. The molecule has 0 fully saturated rings. The number of hydrogen-bond donors (Lipinski definition) is 0. The number of hydrogen-bond acceptors (Lipinski definition) is 1. The topological polar surface area (TPSA) is 47.4 Å². The van der Waals surface area contributed by atoms with Crippen LogP contribution in [0.15, 0.2) is 449 Å². The van der Waals surface area contributed by atoms with Crippen LogP contribution in [0.5, 0.6) is 0 Å². The first-order chi connectivity index (χ1) is 61.1. The fourth-order valence-corrected chi connectivity index (χ4v) is 31.4. The summed E-state index contributed by atoms with van der Waals surface area (Å²) in [5.41, 5.74) is 21.9. The first-order valence-corrected chi connectivity index (χ1v) is 46.3. The molecule has 0 aliphatic heterocycles. The average Bonchev–Trinajstić information content (AvgIpc) is 1.61. The van der Waals surface area contributed by atoms with Crippen LogP contribution in [0.3, 0.4) is 0 Å². The zero-order valence-corrected chi connectivity index (χ0v) is 68.8. The van der Waals surface area contributed by atoms with Crippen molar-refractivity contribution in [1.82, 2.24) is 36.0 Å². The summed E-state index contributed by atoms with van der Waals surface area (Å²) in [4.78, 5) is 6.01. The predicted molar refractivity (Wildman–Crippen MR) is 521 cm³/mol. The second-order valence-corrected chi connectivity index (χ2v) is 39.7. The molecule has 1 unspecified atom stereocenters. The lowest BCUT2D eigenvalue weighted by molar-refractivity contribution is 1.09. The quantitative estimate of drug-likeness (QED) is 0.106. The lowest BCUT2D eigenvalue weighted by Crippen LogP contribution is -2.73. The summed E-state index contributed by atoms with van der Waals surface area (Å²) in [6.45, 7) is 0. The van der Waals surface area contributed by atoms with Gasteiger partial charge < -0.3 is 26.4 Å². The molecule has 0 aliphatic carbocycles. The third kappa shape index (κ3) is 9.83. The Hall–Kier alpha value is -15.9. The number of fused-ring (bicyclic) bond motifs is 21. The smallest absolute Gasteiger partial charge is 0.340 e. The van der Waals surface area contributed by atoms with Gasteiger partial charge in [-0.15, -0.1) is 0 Å². The van der Waals surface area contributed by atoms with Crippen molar-refractivity contribution in [3.05, 3.63) is 449 Å². The highest BCUT2D eigenvalue weighted by atomic mass is 28.3. The zero-order chi connectivity index (χ0) is 80.6. The highest BCUT2D eigenvalue weighted by Gasteiger charge is 2.49. The van der Waals surface area contributed by atoms with Crippen LogP contribution in [0.1, 0.15) is 0 Å². The molecule has 26 aromatic rings. The van der Waals surface area contributed by atoms with Crippen molar-refractivity contribution in [2.24, 2.45) is 0 Å². The molecule has 1 atom stereocenters. The minimum absolute atomic E-state index is 0.887. The molecular weight excluding hydrogens is 1530 g/mol. The Morgan fingerprint density at radius 3 is 0.862 bits per heavy atom. The maximum atomic E-state index is 6.01. The molecule has 8 heterocycles. The summed E-state index contributed by atoms with van der Waals surface area (Å²) >= 11 is 0. The molecular formula is C113H74N8Si2. The standard InChI is InChI=1S/C113H74N8Si2/c1-4-31-80(32-5-1)122(81-33-6-2-7-34-81,113-58-30-57-112(114-113)118-102-51-24-13-39-86(102)87-40-14-25-52-103(87)118)119-105-53-26-18-45-92(105)96-74-79(63-69-109(96)119)117-100-49-22-12-41-88(100)94-67-61-76(71-111(94)117)75-59-65-83(66-60-75)123(82-35-8-3-9-36-82,120-106-54-27-16-42-89(106)90-43-17-28-55-107(90)120)121-108-56-29-19-46-93(108)97-73-78(64-70-110(97)121)116-101-50-23-15-44-91(101)95-72-77(62-68-104(95)116)115-98-47-20-10-37-84(98)85-38-11-21-48-99(85)115/h1-74H. The molecule has 123 heavy (non-hydrogen) atoms. The van der Waals surface area contributed by atoms with Gasteiger partial charge in [-0.2, -0.15) is 0 Å². The van der Waals surface area contributed by atoms with E-state index in [1.165, 1.54) is 129 Å². The van der Waals surface area contributed by atoms with Crippen LogP contribution in [-0.4, -0.2) is 52.6 Å². The van der Waals surface area contributed by atoms with E-state index in [0.717, 1.165) is 83.5 Å². The Morgan fingerprint density at radius 2 is 0.439 bits per heavy atom. The Balaban J connectivity index is 0.655. The first-order valence-electron chi connectivity index (χ1n) is 42.4. The normalized spacial score (nSPS) is 12.8. The largest absolute Gasteiger partial charge is 0.354 e. The van der Waals surface area contributed by atoms with E-state index < -0.39 is 16.6 Å². The number of benzene rings is 18. The van der Waals surface area contributed by atoms with Gasteiger partial charge in [0.15, 0.2) is 0 Å². The van der Waals surface area contributed by atoms with Crippen LogP contribution < -0.4 is 26.1 Å². The summed E-state index contributed by atoms with van der Waals surface area (Å²) in [6, 6.07) is 169. The van der Waals surface area contributed by atoms with Crippen molar-refractivity contribution < 1.29 is 0 Å². The molecule has 0 radical (unpaired) electrons. The molecule has 0 saturated carbocycles. The van der Waals surface area contributed by atoms with E-state index in [9.17, 15) is 0 Å². The van der Waals surface area contributed by atoms with Crippen LogP contribution in [0.2, 0.25) is 0 Å². The van der Waals surface area contributed by atoms with Gasteiger partial charge >= 0.3 is 8.40 Å². The third-order valence-corrected chi connectivity index (χ3v) is 35.7. The summed E-state index contributed by atoms with van der Waals surface area (Å²) in [5.74, 6) is 0.887. The highest BCUT2D eigenvalue weighted by molar-refractivity contribution is 7.10. The molecule has 0 aliphatic rings. The van der Waals surface area contributed by atoms with Gasteiger partial charge in [0, 0.05) is 126 Å². The van der Waals surface area contributed by atoms with Crippen molar-refractivity contribution in [2.45, 2.75) is 0 Å². The summed E-state index contributed by atoms with van der Waals surface area (Å²) < 4.78 is 18.1. The van der Waals surface area contributed by atoms with Crippen molar-refractivity contribution in [3.8, 4) is 34.0 Å². The van der Waals surface area contributed by atoms with Crippen molar-refractivity contribution in [2.75, 3.05) is 0 Å². The van der Waals surface area contributed by atoms with Gasteiger partial charge in [-0.1, -0.05) is 315 Å². The maximum absolute atomic E-state index is 6.01. The molecule has 574 valence electrons. The molecule has 10 heteroatoms. The highest BCUT2D eigenvalue weighted by Crippen LogP contribution is 2.45. The molecule has 8 nitrogen and oxygen atoms in total. The molecule has 0 amide bonds. The Morgan fingerprint density at radius 1 is 0.163 bits per heavy atom.